The van der Waals surface area contributed by atoms with Gasteiger partial charge in [0.25, 0.3) is 15.9 Å². The summed E-state index contributed by atoms with van der Waals surface area (Å²) in [5.41, 5.74) is 5.52. The number of sulfonamides is 1. The van der Waals surface area contributed by atoms with E-state index in [1.165, 1.54) is 6.21 Å². The van der Waals surface area contributed by atoms with Crippen LogP contribution in [0.5, 0.6) is 5.75 Å². The molecule has 1 aliphatic rings. The van der Waals surface area contributed by atoms with Gasteiger partial charge in [0.1, 0.15) is 18.4 Å². The lowest BCUT2D eigenvalue weighted by molar-refractivity contribution is -0.119. The highest BCUT2D eigenvalue weighted by Gasteiger charge is 2.27. The second-order valence-electron chi connectivity index (χ2n) is 8.30. The van der Waals surface area contributed by atoms with Crippen LogP contribution < -0.4 is 14.5 Å². The number of anilines is 1. The van der Waals surface area contributed by atoms with Gasteiger partial charge in [0.15, 0.2) is 0 Å². The molecule has 0 aromatic heterocycles. The summed E-state index contributed by atoms with van der Waals surface area (Å²) in [7, 11) is -3.97. The van der Waals surface area contributed by atoms with Crippen molar-refractivity contribution in [2.45, 2.75) is 24.8 Å². The first-order valence-electron chi connectivity index (χ1n) is 11.1. The maximum absolute atomic E-state index is 13.4. The molecule has 1 aliphatic heterocycles. The molecule has 0 unspecified atom stereocenters. The van der Waals surface area contributed by atoms with Crippen LogP contribution >= 0.6 is 11.8 Å². The van der Waals surface area contributed by atoms with Crippen molar-refractivity contribution >= 4 is 39.6 Å². The number of nitrogens with zero attached hydrogens (tertiary/aromatic N) is 2. The van der Waals surface area contributed by atoms with Gasteiger partial charge in [-0.25, -0.2) is 13.8 Å². The van der Waals surface area contributed by atoms with Gasteiger partial charge in [-0.05, 0) is 55.8 Å². The van der Waals surface area contributed by atoms with Crippen molar-refractivity contribution in [2.75, 3.05) is 22.4 Å². The van der Waals surface area contributed by atoms with Crippen LogP contribution in [0.15, 0.2) is 82.8 Å². The van der Waals surface area contributed by atoms with Gasteiger partial charge >= 0.3 is 0 Å². The topological polar surface area (TPSA) is 88.1 Å². The van der Waals surface area contributed by atoms with Crippen molar-refractivity contribution in [3.8, 4) is 5.75 Å². The molecule has 1 saturated heterocycles. The highest BCUT2D eigenvalue weighted by molar-refractivity contribution is 8.00. The quantitative estimate of drug-likeness (QED) is 0.346. The van der Waals surface area contributed by atoms with E-state index in [2.05, 4.69) is 10.5 Å². The number of rotatable bonds is 9. The Labute approximate surface area is 210 Å². The number of hydrazone groups is 1. The van der Waals surface area contributed by atoms with Gasteiger partial charge < -0.3 is 4.74 Å². The van der Waals surface area contributed by atoms with Crippen molar-refractivity contribution in [1.29, 1.82) is 0 Å². The van der Waals surface area contributed by atoms with Gasteiger partial charge in [0.05, 0.1) is 16.8 Å². The van der Waals surface area contributed by atoms with Crippen LogP contribution in [0.4, 0.5) is 5.69 Å². The number of carbonyl (C=O) groups excluding carboxylic acids is 1. The summed E-state index contributed by atoms with van der Waals surface area (Å²) in [6, 6.07) is 21.0. The lowest BCUT2D eigenvalue weighted by Gasteiger charge is -2.25. The van der Waals surface area contributed by atoms with E-state index < -0.39 is 22.5 Å². The number of amides is 1. The van der Waals surface area contributed by atoms with E-state index in [1.54, 1.807) is 48.5 Å². The van der Waals surface area contributed by atoms with Crippen LogP contribution in [0.3, 0.4) is 0 Å². The second-order valence-corrected chi connectivity index (χ2v) is 11.2. The van der Waals surface area contributed by atoms with Crippen LogP contribution in [0.1, 0.15) is 16.7 Å². The van der Waals surface area contributed by atoms with Crippen molar-refractivity contribution in [1.82, 2.24) is 5.43 Å². The van der Waals surface area contributed by atoms with Gasteiger partial charge in [-0.1, -0.05) is 47.5 Å². The SMILES string of the molecule is Cc1ccc(N(CC(=O)N/N=C/c2cccc(OC3CSC3)c2)S(=O)(=O)c2ccc(C)cc2)cc1. The zero-order valence-electron chi connectivity index (χ0n) is 19.5. The monoisotopic (exact) mass is 509 g/mol. The molecule has 0 bridgehead atoms. The third-order valence-corrected chi connectivity index (χ3v) is 8.39. The fourth-order valence-corrected chi connectivity index (χ4v) is 5.34. The van der Waals surface area contributed by atoms with E-state index in [4.69, 9.17) is 4.74 Å². The molecule has 0 spiro atoms. The minimum Gasteiger partial charge on any atom is -0.489 e. The summed E-state index contributed by atoms with van der Waals surface area (Å²) in [5.74, 6) is 2.16. The maximum atomic E-state index is 13.4. The molecule has 4 rings (SSSR count). The highest BCUT2D eigenvalue weighted by Crippen LogP contribution is 2.25. The molecule has 1 heterocycles. The summed E-state index contributed by atoms with van der Waals surface area (Å²) < 4.78 is 33.8. The van der Waals surface area contributed by atoms with Gasteiger partial charge in [-0.3, -0.25) is 9.10 Å². The summed E-state index contributed by atoms with van der Waals surface area (Å²) in [6.07, 6.45) is 1.74. The van der Waals surface area contributed by atoms with Crippen LogP contribution in [-0.4, -0.2) is 44.7 Å². The first-order chi connectivity index (χ1) is 16.8. The molecule has 3 aromatic carbocycles. The lowest BCUT2D eigenvalue weighted by Crippen LogP contribution is -2.39. The average molecular weight is 510 g/mol. The molecule has 9 heteroatoms. The molecule has 0 aliphatic carbocycles. The van der Waals surface area contributed by atoms with E-state index >= 15 is 0 Å². The molecule has 1 amide bonds. The molecule has 0 saturated carbocycles. The second kappa shape index (κ2) is 11.0. The molecular weight excluding hydrogens is 482 g/mol. The average Bonchev–Trinajstić information content (AvgIpc) is 2.81. The Morgan fingerprint density at radius 2 is 1.71 bits per heavy atom. The van der Waals surface area contributed by atoms with Gasteiger partial charge in [0.2, 0.25) is 0 Å². The Hall–Kier alpha value is -3.30. The number of nitrogens with one attached hydrogen (secondary N) is 1. The zero-order chi connectivity index (χ0) is 24.8. The van der Waals surface area contributed by atoms with Crippen molar-refractivity contribution in [3.63, 3.8) is 0 Å². The molecule has 0 radical (unpaired) electrons. The molecule has 7 nitrogen and oxygen atoms in total. The van der Waals surface area contributed by atoms with Crippen LogP contribution in [0.25, 0.3) is 0 Å². The molecule has 35 heavy (non-hydrogen) atoms. The fourth-order valence-electron chi connectivity index (χ4n) is 3.35. The summed E-state index contributed by atoms with van der Waals surface area (Å²) in [5, 5.41) is 4.02. The third-order valence-electron chi connectivity index (χ3n) is 5.39. The Bertz CT molecular complexity index is 1300. The van der Waals surface area contributed by atoms with Crippen LogP contribution in [0, 0.1) is 13.8 Å². The van der Waals surface area contributed by atoms with E-state index in [0.29, 0.717) is 5.69 Å². The first kappa shape index (κ1) is 24.8. The number of hydrogen-bond donors (Lipinski definition) is 1. The predicted octanol–water partition coefficient (Wildman–Crippen LogP) is 4.14. The number of hydrogen-bond acceptors (Lipinski definition) is 6. The number of aryl methyl sites for hydroxylation is 2. The smallest absolute Gasteiger partial charge is 0.264 e. The van der Waals surface area contributed by atoms with Crippen LogP contribution in [0.2, 0.25) is 0 Å². The molecular formula is C26H27N3O4S2. The van der Waals surface area contributed by atoms with Gasteiger partial charge in [-0.2, -0.15) is 16.9 Å². The standard InChI is InChI=1S/C26H27N3O4S2/c1-19-6-10-22(11-7-19)29(35(31,32)25-12-8-20(2)9-13-25)16-26(30)28-27-15-21-4-3-5-23(14-21)33-24-17-34-18-24/h3-15,24H,16-18H2,1-2H3,(H,28,30)/b27-15+. The van der Waals surface area contributed by atoms with Gasteiger partial charge in [-0.15, -0.1) is 0 Å². The van der Waals surface area contributed by atoms with Crippen molar-refractivity contribution in [3.05, 3.63) is 89.5 Å². The largest absolute Gasteiger partial charge is 0.489 e. The predicted molar refractivity (Wildman–Crippen MR) is 141 cm³/mol. The lowest BCUT2D eigenvalue weighted by atomic mass is 10.2. The van der Waals surface area contributed by atoms with E-state index in [0.717, 1.165) is 38.3 Å². The van der Waals surface area contributed by atoms with E-state index in [9.17, 15) is 13.2 Å². The summed E-state index contributed by atoms with van der Waals surface area (Å²) in [4.78, 5) is 12.8. The fraction of sp³-hybridized carbons (Fsp3) is 0.231. The molecule has 1 fully saturated rings. The summed E-state index contributed by atoms with van der Waals surface area (Å²) >= 11 is 1.84. The highest BCUT2D eigenvalue weighted by atomic mass is 32.2. The summed E-state index contributed by atoms with van der Waals surface area (Å²) in [6.45, 7) is 3.38. The first-order valence-corrected chi connectivity index (χ1v) is 13.7. The Morgan fingerprint density at radius 3 is 2.34 bits per heavy atom. The minimum absolute atomic E-state index is 0.113. The molecule has 3 aromatic rings. The Balaban J connectivity index is 1.48. The number of ether oxygens (including phenoxy) is 1. The molecule has 182 valence electrons. The zero-order valence-corrected chi connectivity index (χ0v) is 21.2. The normalized spacial score (nSPS) is 13.9. The number of carbonyl (C=O) groups is 1. The van der Waals surface area contributed by atoms with E-state index in [1.807, 2.05) is 49.9 Å². The molecule has 0 atom stereocenters. The molecule has 1 N–H and O–H groups in total. The number of thioether (sulfide) groups is 1. The maximum Gasteiger partial charge on any atom is 0.264 e. The number of benzene rings is 3. The van der Waals surface area contributed by atoms with E-state index in [-0.39, 0.29) is 11.0 Å². The minimum atomic E-state index is -3.97. The Morgan fingerprint density at radius 1 is 1.06 bits per heavy atom. The van der Waals surface area contributed by atoms with Gasteiger partial charge in [0, 0.05) is 11.5 Å². The van der Waals surface area contributed by atoms with Crippen molar-refractivity contribution < 1.29 is 17.9 Å². The Kier molecular flexibility index (Phi) is 7.77. The van der Waals surface area contributed by atoms with Crippen LogP contribution in [-0.2, 0) is 14.8 Å². The van der Waals surface area contributed by atoms with Crippen molar-refractivity contribution in [2.24, 2.45) is 5.10 Å². The third kappa shape index (κ3) is 6.43.